The number of esters is 1. The average Bonchev–Trinajstić information content (AvgIpc) is 3.38. The second-order valence-electron chi connectivity index (χ2n) is 7.63. The smallest absolute Gasteiger partial charge is 0.348 e. The number of carbonyl (C=O) groups excluding carboxylic acids is 2. The maximum Gasteiger partial charge on any atom is 0.348 e. The van der Waals surface area contributed by atoms with Crippen LogP contribution in [0.1, 0.15) is 65.2 Å². The van der Waals surface area contributed by atoms with E-state index in [1.54, 1.807) is 12.3 Å². The summed E-state index contributed by atoms with van der Waals surface area (Å²) in [5, 5.41) is 7.15. The molecule has 2 heterocycles. The first-order valence-electron chi connectivity index (χ1n) is 9.72. The fourth-order valence-corrected chi connectivity index (χ4v) is 5.14. The molecule has 2 aromatic heterocycles. The van der Waals surface area contributed by atoms with E-state index in [0.29, 0.717) is 22.7 Å². The molecule has 27 heavy (non-hydrogen) atoms. The Morgan fingerprint density at radius 2 is 2.15 bits per heavy atom. The lowest BCUT2D eigenvalue weighted by Gasteiger charge is -2.16. The molecule has 1 saturated carbocycles. The first kappa shape index (κ1) is 18.2. The van der Waals surface area contributed by atoms with Gasteiger partial charge in [0.25, 0.3) is 5.91 Å². The van der Waals surface area contributed by atoms with Crippen LogP contribution in [0.2, 0.25) is 0 Å². The average molecular weight is 388 g/mol. The van der Waals surface area contributed by atoms with E-state index < -0.39 is 5.97 Å². The fraction of sp³-hybridized carbons (Fsp3) is 0.550. The van der Waals surface area contributed by atoms with Crippen molar-refractivity contribution in [2.24, 2.45) is 5.92 Å². The molecule has 1 N–H and O–H groups in total. The zero-order valence-electron chi connectivity index (χ0n) is 15.6. The van der Waals surface area contributed by atoms with Gasteiger partial charge >= 0.3 is 5.97 Å². The molecule has 0 bridgehead atoms. The highest BCUT2D eigenvalue weighted by Gasteiger charge is 2.23. The number of thiophene rings is 1. The zero-order chi connectivity index (χ0) is 18.8. The highest BCUT2D eigenvalue weighted by Crippen LogP contribution is 2.33. The minimum absolute atomic E-state index is 0.284. The van der Waals surface area contributed by atoms with E-state index in [1.165, 1.54) is 41.0 Å². The Morgan fingerprint density at radius 1 is 1.33 bits per heavy atom. The van der Waals surface area contributed by atoms with Gasteiger partial charge in [0, 0.05) is 10.9 Å². The molecule has 144 valence electrons. The molecule has 0 unspecified atom stereocenters. The van der Waals surface area contributed by atoms with Crippen molar-refractivity contribution in [1.82, 2.24) is 9.78 Å². The van der Waals surface area contributed by atoms with Gasteiger partial charge in [-0.3, -0.25) is 4.79 Å². The molecule has 4 rings (SSSR count). The van der Waals surface area contributed by atoms with Crippen molar-refractivity contribution in [3.63, 3.8) is 0 Å². The number of aryl methyl sites for hydroxylation is 1. The molecule has 1 fully saturated rings. The minimum Gasteiger partial charge on any atom is -0.451 e. The molecule has 1 atom stereocenters. The summed E-state index contributed by atoms with van der Waals surface area (Å²) in [7, 11) is 0. The van der Waals surface area contributed by atoms with E-state index in [4.69, 9.17) is 4.74 Å². The Balaban J connectivity index is 1.32. The van der Waals surface area contributed by atoms with Crippen molar-refractivity contribution < 1.29 is 14.3 Å². The third kappa shape index (κ3) is 4.08. The van der Waals surface area contributed by atoms with Crippen LogP contribution in [0.3, 0.4) is 0 Å². The van der Waals surface area contributed by atoms with Crippen LogP contribution < -0.4 is 5.32 Å². The molecule has 2 aliphatic rings. The van der Waals surface area contributed by atoms with E-state index >= 15 is 0 Å². The minimum atomic E-state index is -0.415. The summed E-state index contributed by atoms with van der Waals surface area (Å²) >= 11 is 1.50. The molecule has 7 heteroatoms. The Morgan fingerprint density at radius 3 is 2.96 bits per heavy atom. The molecule has 0 saturated heterocycles. The zero-order valence-corrected chi connectivity index (χ0v) is 16.4. The van der Waals surface area contributed by atoms with Crippen molar-refractivity contribution in [3.8, 4) is 0 Å². The van der Waals surface area contributed by atoms with Crippen LogP contribution in [0.4, 0.5) is 5.82 Å². The molecule has 6 nitrogen and oxygen atoms in total. The first-order chi connectivity index (χ1) is 13.1. The maximum atomic E-state index is 12.3. The lowest BCUT2D eigenvalue weighted by atomic mass is 9.90. The summed E-state index contributed by atoms with van der Waals surface area (Å²) in [4.78, 5) is 26.4. The van der Waals surface area contributed by atoms with Gasteiger partial charge in [0.15, 0.2) is 6.61 Å². The predicted molar refractivity (Wildman–Crippen MR) is 104 cm³/mol. The van der Waals surface area contributed by atoms with Crippen molar-refractivity contribution in [2.45, 2.75) is 57.9 Å². The monoisotopic (exact) mass is 387 g/mol. The molecular formula is C20H25N3O3S. The lowest BCUT2D eigenvalue weighted by molar-refractivity contribution is -0.119. The molecule has 0 aliphatic heterocycles. The first-order valence-corrected chi connectivity index (χ1v) is 10.5. The summed E-state index contributed by atoms with van der Waals surface area (Å²) < 4.78 is 7.11. The van der Waals surface area contributed by atoms with Crippen LogP contribution in [0.5, 0.6) is 0 Å². The normalized spacial score (nSPS) is 19.7. The third-order valence-corrected chi connectivity index (χ3v) is 6.69. The highest BCUT2D eigenvalue weighted by molar-refractivity contribution is 7.14. The van der Waals surface area contributed by atoms with Gasteiger partial charge in [-0.1, -0.05) is 19.8 Å². The Kier molecular flexibility index (Phi) is 5.29. The van der Waals surface area contributed by atoms with Crippen LogP contribution >= 0.6 is 11.3 Å². The van der Waals surface area contributed by atoms with Gasteiger partial charge in [-0.2, -0.15) is 5.10 Å². The summed E-state index contributed by atoms with van der Waals surface area (Å²) in [5.41, 5.74) is 1.26. The van der Waals surface area contributed by atoms with Crippen LogP contribution in [-0.4, -0.2) is 28.3 Å². The van der Waals surface area contributed by atoms with Crippen molar-refractivity contribution in [3.05, 3.63) is 33.6 Å². The number of anilines is 1. The van der Waals surface area contributed by atoms with E-state index in [1.807, 2.05) is 10.7 Å². The summed E-state index contributed by atoms with van der Waals surface area (Å²) in [6.07, 6.45) is 9.46. The molecule has 2 aliphatic carbocycles. The van der Waals surface area contributed by atoms with E-state index in [2.05, 4.69) is 17.3 Å². The van der Waals surface area contributed by atoms with E-state index in [9.17, 15) is 9.59 Å². The third-order valence-electron chi connectivity index (χ3n) is 5.47. The fourth-order valence-electron chi connectivity index (χ4n) is 4.04. The number of amides is 1. The van der Waals surface area contributed by atoms with Crippen molar-refractivity contribution in [2.75, 3.05) is 11.9 Å². The van der Waals surface area contributed by atoms with Crippen molar-refractivity contribution in [1.29, 1.82) is 0 Å². The van der Waals surface area contributed by atoms with Gasteiger partial charge in [-0.25, -0.2) is 9.48 Å². The highest BCUT2D eigenvalue weighted by atomic mass is 32.1. The van der Waals surface area contributed by atoms with Crippen molar-refractivity contribution >= 4 is 29.0 Å². The molecule has 1 amide bonds. The molecule has 0 aromatic carbocycles. The Labute approximate surface area is 162 Å². The SMILES string of the molecule is C[C@H]1CCc2sc(C(=O)OCC(=O)Nc3ccnn3C3CCCC3)cc2C1. The lowest BCUT2D eigenvalue weighted by Crippen LogP contribution is -2.23. The number of fused-ring (bicyclic) bond motifs is 1. The number of carbonyl (C=O) groups is 2. The van der Waals surface area contributed by atoms with Gasteiger partial charge in [0.1, 0.15) is 10.7 Å². The number of nitrogens with zero attached hydrogens (tertiary/aromatic N) is 2. The number of nitrogens with one attached hydrogen (secondary N) is 1. The van der Waals surface area contributed by atoms with Gasteiger partial charge in [0.05, 0.1) is 12.2 Å². The number of rotatable bonds is 5. The quantitative estimate of drug-likeness (QED) is 0.788. The predicted octanol–water partition coefficient (Wildman–Crippen LogP) is 3.98. The standard InChI is InChI=1S/C20H25N3O3S/c1-13-6-7-16-14(10-13)11-17(27-16)20(25)26-12-19(24)22-18-8-9-21-23(18)15-4-2-3-5-15/h8-9,11,13,15H,2-7,10,12H2,1H3,(H,22,24)/t13-/m0/s1. The number of hydrogen-bond donors (Lipinski definition) is 1. The van der Waals surface area contributed by atoms with Gasteiger partial charge in [-0.05, 0) is 49.7 Å². The topological polar surface area (TPSA) is 73.2 Å². The maximum absolute atomic E-state index is 12.3. The largest absolute Gasteiger partial charge is 0.451 e. The van der Waals surface area contributed by atoms with Crippen LogP contribution in [-0.2, 0) is 22.4 Å². The van der Waals surface area contributed by atoms with E-state index in [0.717, 1.165) is 25.7 Å². The number of aromatic nitrogens is 2. The van der Waals surface area contributed by atoms with E-state index in [-0.39, 0.29) is 12.5 Å². The van der Waals surface area contributed by atoms with Gasteiger partial charge in [-0.15, -0.1) is 11.3 Å². The van der Waals surface area contributed by atoms with Gasteiger partial charge < -0.3 is 10.1 Å². The molecular weight excluding hydrogens is 362 g/mol. The molecule has 0 radical (unpaired) electrons. The van der Waals surface area contributed by atoms with Crippen LogP contribution in [0.25, 0.3) is 0 Å². The summed E-state index contributed by atoms with van der Waals surface area (Å²) in [6, 6.07) is 4.06. The molecule has 2 aromatic rings. The van der Waals surface area contributed by atoms with Crippen LogP contribution in [0, 0.1) is 5.92 Å². The Bertz CT molecular complexity index is 835. The second kappa shape index (κ2) is 7.84. The number of ether oxygens (including phenoxy) is 1. The van der Waals surface area contributed by atoms with Gasteiger partial charge in [0.2, 0.25) is 0 Å². The second-order valence-corrected chi connectivity index (χ2v) is 8.77. The molecule has 0 spiro atoms. The summed E-state index contributed by atoms with van der Waals surface area (Å²) in [6.45, 7) is 1.95. The number of hydrogen-bond acceptors (Lipinski definition) is 5. The Hall–Kier alpha value is -2.15. The summed E-state index contributed by atoms with van der Waals surface area (Å²) in [5.74, 6) is 0.578. The van der Waals surface area contributed by atoms with Crippen LogP contribution in [0.15, 0.2) is 18.3 Å².